The topological polar surface area (TPSA) is 31.4 Å². The molecule has 0 unspecified atom stereocenters. The Hall–Kier alpha value is -1.13. The first-order valence-corrected chi connectivity index (χ1v) is 6.88. The molecule has 2 rings (SSSR count). The van der Waals surface area contributed by atoms with Gasteiger partial charge in [-0.05, 0) is 38.2 Å². The van der Waals surface area contributed by atoms with E-state index in [0.717, 1.165) is 38.5 Å². The van der Waals surface area contributed by atoms with E-state index in [-0.39, 0.29) is 0 Å². The number of anilines is 1. The van der Waals surface area contributed by atoms with Crippen molar-refractivity contribution in [2.24, 2.45) is 0 Å². The van der Waals surface area contributed by atoms with Crippen LogP contribution in [0.4, 0.5) is 5.82 Å². The third-order valence-corrected chi connectivity index (χ3v) is 3.43. The molecule has 0 aromatic carbocycles. The van der Waals surface area contributed by atoms with Gasteiger partial charge in [0.15, 0.2) is 0 Å². The quantitative estimate of drug-likeness (QED) is 0.871. The van der Waals surface area contributed by atoms with E-state index in [1.165, 1.54) is 18.5 Å². The fourth-order valence-corrected chi connectivity index (χ4v) is 2.25. The molecule has 0 amide bonds. The lowest BCUT2D eigenvalue weighted by molar-refractivity contribution is 0.360. The minimum absolute atomic E-state index is 0.909. The van der Waals surface area contributed by atoms with Crippen LogP contribution in [0.5, 0.6) is 0 Å². The summed E-state index contributed by atoms with van der Waals surface area (Å²) in [6.07, 6.45) is 3.21. The van der Waals surface area contributed by atoms with Crippen molar-refractivity contribution in [3.05, 3.63) is 23.9 Å². The highest BCUT2D eigenvalue weighted by Gasteiger charge is 2.13. The highest BCUT2D eigenvalue weighted by Crippen LogP contribution is 2.13. The van der Waals surface area contributed by atoms with E-state index < -0.39 is 0 Å². The van der Waals surface area contributed by atoms with Gasteiger partial charge < -0.3 is 15.1 Å². The van der Waals surface area contributed by atoms with E-state index in [1.54, 1.807) is 0 Å². The number of aromatic nitrogens is 1. The summed E-state index contributed by atoms with van der Waals surface area (Å²) < 4.78 is 0. The first kappa shape index (κ1) is 13.3. The van der Waals surface area contributed by atoms with Crippen LogP contribution in [0.1, 0.15) is 18.9 Å². The standard InChI is InChI=1S/C14H24N4/c1-3-15-11-13-5-6-14(16-12-13)18-8-4-7-17(2)9-10-18/h5-6,12,15H,3-4,7-11H2,1-2H3. The second-order valence-electron chi connectivity index (χ2n) is 4.95. The molecule has 4 nitrogen and oxygen atoms in total. The molecule has 0 radical (unpaired) electrons. The zero-order chi connectivity index (χ0) is 12.8. The van der Waals surface area contributed by atoms with Gasteiger partial charge in [-0.25, -0.2) is 4.98 Å². The maximum absolute atomic E-state index is 4.59. The summed E-state index contributed by atoms with van der Waals surface area (Å²) in [7, 11) is 2.19. The first-order valence-electron chi connectivity index (χ1n) is 6.88. The molecule has 1 aromatic rings. The highest BCUT2D eigenvalue weighted by molar-refractivity contribution is 5.39. The minimum atomic E-state index is 0.909. The molecule has 0 spiro atoms. The van der Waals surface area contributed by atoms with E-state index in [1.807, 2.05) is 6.20 Å². The van der Waals surface area contributed by atoms with E-state index in [0.29, 0.717) is 0 Å². The molecular weight excluding hydrogens is 224 g/mol. The molecule has 0 aliphatic carbocycles. The molecule has 1 saturated heterocycles. The van der Waals surface area contributed by atoms with Crippen molar-refractivity contribution in [2.45, 2.75) is 19.9 Å². The highest BCUT2D eigenvalue weighted by atomic mass is 15.2. The predicted molar refractivity (Wildman–Crippen MR) is 75.9 cm³/mol. The first-order chi connectivity index (χ1) is 8.79. The third kappa shape index (κ3) is 3.68. The molecule has 1 N–H and O–H groups in total. The summed E-state index contributed by atoms with van der Waals surface area (Å²) in [5.74, 6) is 1.12. The van der Waals surface area contributed by atoms with Gasteiger partial charge in [0.1, 0.15) is 5.82 Å². The molecule has 1 aliphatic heterocycles. The summed E-state index contributed by atoms with van der Waals surface area (Å²) >= 11 is 0. The van der Waals surface area contributed by atoms with Crippen LogP contribution < -0.4 is 10.2 Å². The van der Waals surface area contributed by atoms with Crippen LogP contribution in [-0.4, -0.2) is 49.7 Å². The van der Waals surface area contributed by atoms with Gasteiger partial charge in [-0.2, -0.15) is 0 Å². The van der Waals surface area contributed by atoms with Crippen molar-refractivity contribution in [2.75, 3.05) is 44.7 Å². The normalized spacial score (nSPS) is 17.8. The molecule has 1 aromatic heterocycles. The van der Waals surface area contributed by atoms with Gasteiger partial charge in [-0.1, -0.05) is 13.0 Å². The second-order valence-corrected chi connectivity index (χ2v) is 4.95. The average Bonchev–Trinajstić information content (AvgIpc) is 2.62. The fraction of sp³-hybridized carbons (Fsp3) is 0.643. The molecule has 0 atom stereocenters. The van der Waals surface area contributed by atoms with Gasteiger partial charge in [0.2, 0.25) is 0 Å². The van der Waals surface area contributed by atoms with Crippen LogP contribution in [0.25, 0.3) is 0 Å². The van der Waals surface area contributed by atoms with E-state index in [9.17, 15) is 0 Å². The number of nitrogens with zero attached hydrogens (tertiary/aromatic N) is 3. The van der Waals surface area contributed by atoms with Crippen molar-refractivity contribution >= 4 is 5.82 Å². The van der Waals surface area contributed by atoms with Crippen molar-refractivity contribution in [1.29, 1.82) is 0 Å². The lowest BCUT2D eigenvalue weighted by atomic mass is 10.2. The van der Waals surface area contributed by atoms with Crippen LogP contribution in [0.15, 0.2) is 18.3 Å². The molecule has 0 saturated carbocycles. The third-order valence-electron chi connectivity index (χ3n) is 3.43. The molecular formula is C14H24N4. The smallest absolute Gasteiger partial charge is 0.128 e. The molecule has 100 valence electrons. The summed E-state index contributed by atoms with van der Waals surface area (Å²) in [4.78, 5) is 9.37. The van der Waals surface area contributed by atoms with Crippen molar-refractivity contribution in [1.82, 2.24) is 15.2 Å². The zero-order valence-corrected chi connectivity index (χ0v) is 11.5. The van der Waals surface area contributed by atoms with Crippen LogP contribution in [0.3, 0.4) is 0 Å². The van der Waals surface area contributed by atoms with Gasteiger partial charge in [-0.3, -0.25) is 0 Å². The lowest BCUT2D eigenvalue weighted by Crippen LogP contribution is -2.29. The fourth-order valence-electron chi connectivity index (χ4n) is 2.25. The van der Waals surface area contributed by atoms with Crippen LogP contribution in [-0.2, 0) is 6.54 Å². The van der Waals surface area contributed by atoms with Gasteiger partial charge in [0.25, 0.3) is 0 Å². The number of nitrogens with one attached hydrogen (secondary N) is 1. The molecule has 1 fully saturated rings. The Kier molecular flexibility index (Phi) is 4.96. The molecule has 18 heavy (non-hydrogen) atoms. The number of pyridine rings is 1. The Bertz CT molecular complexity index is 349. The summed E-state index contributed by atoms with van der Waals surface area (Å²) in [6, 6.07) is 4.33. The van der Waals surface area contributed by atoms with E-state index in [4.69, 9.17) is 0 Å². The lowest BCUT2D eigenvalue weighted by Gasteiger charge is -2.21. The number of hydrogen-bond acceptors (Lipinski definition) is 4. The Labute approximate surface area is 110 Å². The Morgan fingerprint density at radius 2 is 2.11 bits per heavy atom. The SMILES string of the molecule is CCNCc1ccc(N2CCCN(C)CC2)nc1. The van der Waals surface area contributed by atoms with Crippen molar-refractivity contribution < 1.29 is 0 Å². The molecule has 1 aliphatic rings. The second kappa shape index (κ2) is 6.71. The van der Waals surface area contributed by atoms with Gasteiger partial charge in [0, 0.05) is 32.4 Å². The molecule has 4 heteroatoms. The van der Waals surface area contributed by atoms with Crippen LogP contribution in [0, 0.1) is 0 Å². The monoisotopic (exact) mass is 248 g/mol. The molecule has 2 heterocycles. The predicted octanol–water partition coefficient (Wildman–Crippen LogP) is 1.33. The zero-order valence-electron chi connectivity index (χ0n) is 11.5. The van der Waals surface area contributed by atoms with Gasteiger partial charge in [-0.15, -0.1) is 0 Å². The summed E-state index contributed by atoms with van der Waals surface area (Å²) in [6.45, 7) is 8.54. The minimum Gasteiger partial charge on any atom is -0.355 e. The van der Waals surface area contributed by atoms with Gasteiger partial charge >= 0.3 is 0 Å². The number of rotatable bonds is 4. The Morgan fingerprint density at radius 3 is 2.83 bits per heavy atom. The van der Waals surface area contributed by atoms with E-state index in [2.05, 4.69) is 46.2 Å². The summed E-state index contributed by atoms with van der Waals surface area (Å²) in [5.41, 5.74) is 1.26. The van der Waals surface area contributed by atoms with Crippen LogP contribution in [0.2, 0.25) is 0 Å². The molecule has 0 bridgehead atoms. The van der Waals surface area contributed by atoms with Crippen molar-refractivity contribution in [3.8, 4) is 0 Å². The van der Waals surface area contributed by atoms with Gasteiger partial charge in [0.05, 0.1) is 0 Å². The van der Waals surface area contributed by atoms with Crippen LogP contribution >= 0.6 is 0 Å². The Balaban J connectivity index is 1.95. The average molecular weight is 248 g/mol. The Morgan fingerprint density at radius 1 is 1.22 bits per heavy atom. The maximum atomic E-state index is 4.59. The van der Waals surface area contributed by atoms with E-state index >= 15 is 0 Å². The summed E-state index contributed by atoms with van der Waals surface area (Å²) in [5, 5.41) is 3.32. The largest absolute Gasteiger partial charge is 0.355 e. The number of hydrogen-bond donors (Lipinski definition) is 1. The van der Waals surface area contributed by atoms with Crippen molar-refractivity contribution in [3.63, 3.8) is 0 Å². The number of likely N-dealkylation sites (N-methyl/N-ethyl adjacent to an activating group) is 1. The maximum Gasteiger partial charge on any atom is 0.128 e.